The van der Waals surface area contributed by atoms with Crippen LogP contribution in [0.5, 0.6) is 0 Å². The Morgan fingerprint density at radius 3 is 2.45 bits per heavy atom. The summed E-state index contributed by atoms with van der Waals surface area (Å²) >= 11 is 5.93. The molecule has 1 aromatic carbocycles. The molecule has 1 aliphatic heterocycles. The van der Waals surface area contributed by atoms with Crippen molar-refractivity contribution in [1.29, 1.82) is 0 Å². The first-order valence-corrected chi connectivity index (χ1v) is 8.56. The molecule has 1 aliphatic carbocycles. The summed E-state index contributed by atoms with van der Waals surface area (Å²) in [5.41, 5.74) is 6.99. The Bertz CT molecular complexity index is 511. The maximum absolute atomic E-state index is 12.7. The van der Waals surface area contributed by atoms with Crippen LogP contribution in [0.4, 0.5) is 5.69 Å². The van der Waals surface area contributed by atoms with Crippen molar-refractivity contribution >= 4 is 23.2 Å². The number of hydrogen-bond acceptors (Lipinski definition) is 3. The summed E-state index contributed by atoms with van der Waals surface area (Å²) in [6, 6.07) is 7.92. The molecule has 22 heavy (non-hydrogen) atoms. The highest BCUT2D eigenvalue weighted by atomic mass is 35.5. The van der Waals surface area contributed by atoms with Crippen molar-refractivity contribution in [3.8, 4) is 0 Å². The predicted molar refractivity (Wildman–Crippen MR) is 90.1 cm³/mol. The van der Waals surface area contributed by atoms with Crippen molar-refractivity contribution in [2.45, 2.75) is 19.3 Å². The number of benzene rings is 1. The molecule has 0 bridgehead atoms. The van der Waals surface area contributed by atoms with Crippen molar-refractivity contribution < 1.29 is 4.79 Å². The van der Waals surface area contributed by atoms with Gasteiger partial charge in [0.15, 0.2) is 0 Å². The average Bonchev–Trinajstić information content (AvgIpc) is 3.04. The molecule has 0 unspecified atom stereocenters. The highest BCUT2D eigenvalue weighted by Gasteiger charge is 2.35. The van der Waals surface area contributed by atoms with Gasteiger partial charge in [0.25, 0.3) is 0 Å². The van der Waals surface area contributed by atoms with Crippen LogP contribution in [0.3, 0.4) is 0 Å². The Morgan fingerprint density at radius 2 is 1.82 bits per heavy atom. The number of piperazine rings is 1. The molecule has 2 atom stereocenters. The van der Waals surface area contributed by atoms with E-state index in [1.54, 1.807) is 0 Å². The Balaban J connectivity index is 1.57. The number of carbonyl (C=O) groups excluding carboxylic acids is 1. The third-order valence-corrected chi connectivity index (χ3v) is 5.31. The van der Waals surface area contributed by atoms with Crippen LogP contribution < -0.4 is 10.6 Å². The first-order chi connectivity index (χ1) is 10.7. The van der Waals surface area contributed by atoms with Crippen molar-refractivity contribution in [3.05, 3.63) is 29.3 Å². The molecule has 2 N–H and O–H groups in total. The van der Waals surface area contributed by atoms with Crippen molar-refractivity contribution in [2.75, 3.05) is 37.6 Å². The molecule has 3 rings (SSSR count). The largest absolute Gasteiger partial charge is 0.368 e. The third-order valence-electron chi connectivity index (χ3n) is 5.06. The fourth-order valence-corrected chi connectivity index (χ4v) is 3.84. The van der Waals surface area contributed by atoms with Gasteiger partial charge in [0.05, 0.1) is 0 Å². The lowest BCUT2D eigenvalue weighted by Crippen LogP contribution is -2.51. The third kappa shape index (κ3) is 3.23. The summed E-state index contributed by atoms with van der Waals surface area (Å²) in [4.78, 5) is 17.0. The molecule has 5 heteroatoms. The van der Waals surface area contributed by atoms with Gasteiger partial charge < -0.3 is 15.5 Å². The first kappa shape index (κ1) is 15.6. The Labute approximate surface area is 137 Å². The molecule has 2 aliphatic rings. The summed E-state index contributed by atoms with van der Waals surface area (Å²) < 4.78 is 0. The normalized spacial score (nSPS) is 25.5. The van der Waals surface area contributed by atoms with Gasteiger partial charge in [0.1, 0.15) is 0 Å². The van der Waals surface area contributed by atoms with Crippen LogP contribution in [-0.4, -0.2) is 43.5 Å². The number of nitrogens with zero attached hydrogens (tertiary/aromatic N) is 2. The second-order valence-electron chi connectivity index (χ2n) is 6.32. The number of nitrogens with two attached hydrogens (primary N) is 1. The molecule has 2 fully saturated rings. The minimum Gasteiger partial charge on any atom is -0.368 e. The molecule has 120 valence electrons. The van der Waals surface area contributed by atoms with E-state index in [1.807, 2.05) is 29.2 Å². The van der Waals surface area contributed by atoms with Crippen LogP contribution in [0.2, 0.25) is 5.02 Å². The van der Waals surface area contributed by atoms with Gasteiger partial charge in [-0.3, -0.25) is 4.79 Å². The average molecular weight is 322 g/mol. The molecule has 1 saturated carbocycles. The summed E-state index contributed by atoms with van der Waals surface area (Å²) in [6.45, 7) is 4.01. The van der Waals surface area contributed by atoms with Gasteiger partial charge in [-0.2, -0.15) is 0 Å². The lowest BCUT2D eigenvalue weighted by atomic mass is 9.94. The molecule has 1 amide bonds. The minimum absolute atomic E-state index is 0.159. The first-order valence-electron chi connectivity index (χ1n) is 8.18. The second kappa shape index (κ2) is 6.88. The van der Waals surface area contributed by atoms with Crippen LogP contribution in [0.25, 0.3) is 0 Å². The van der Waals surface area contributed by atoms with Gasteiger partial charge >= 0.3 is 0 Å². The van der Waals surface area contributed by atoms with Gasteiger partial charge in [-0.15, -0.1) is 0 Å². The fourth-order valence-electron chi connectivity index (χ4n) is 3.72. The molecule has 1 heterocycles. The monoisotopic (exact) mass is 321 g/mol. The molecule has 1 saturated heterocycles. The van der Waals surface area contributed by atoms with Crippen LogP contribution in [0, 0.1) is 11.8 Å². The Morgan fingerprint density at radius 1 is 1.14 bits per heavy atom. The topological polar surface area (TPSA) is 49.6 Å². The molecular weight excluding hydrogens is 298 g/mol. The Hall–Kier alpha value is -1.26. The van der Waals surface area contributed by atoms with Crippen LogP contribution in [0.15, 0.2) is 24.3 Å². The molecule has 0 spiro atoms. The minimum atomic E-state index is 0.159. The van der Waals surface area contributed by atoms with Crippen molar-refractivity contribution in [1.82, 2.24) is 4.90 Å². The zero-order valence-electron chi connectivity index (χ0n) is 12.9. The van der Waals surface area contributed by atoms with E-state index in [1.165, 1.54) is 5.69 Å². The maximum atomic E-state index is 12.7. The van der Waals surface area contributed by atoms with E-state index in [4.69, 9.17) is 17.3 Å². The van der Waals surface area contributed by atoms with Crippen LogP contribution in [0.1, 0.15) is 19.3 Å². The van der Waals surface area contributed by atoms with Crippen LogP contribution >= 0.6 is 11.6 Å². The van der Waals surface area contributed by atoms with Gasteiger partial charge in [-0.05, 0) is 49.6 Å². The molecule has 1 aromatic rings. The number of amides is 1. The van der Waals surface area contributed by atoms with E-state index < -0.39 is 0 Å². The van der Waals surface area contributed by atoms with E-state index in [9.17, 15) is 4.79 Å². The number of halogens is 1. The second-order valence-corrected chi connectivity index (χ2v) is 6.76. The van der Waals surface area contributed by atoms with E-state index >= 15 is 0 Å². The summed E-state index contributed by atoms with van der Waals surface area (Å²) in [5, 5.41) is 0.756. The predicted octanol–water partition coefficient (Wildman–Crippen LogP) is 2.36. The van der Waals surface area contributed by atoms with Gasteiger partial charge in [0, 0.05) is 42.8 Å². The smallest absolute Gasteiger partial charge is 0.226 e. The quantitative estimate of drug-likeness (QED) is 0.930. The highest BCUT2D eigenvalue weighted by molar-refractivity contribution is 6.30. The lowest BCUT2D eigenvalue weighted by Gasteiger charge is -2.38. The van der Waals surface area contributed by atoms with Crippen LogP contribution in [-0.2, 0) is 4.79 Å². The number of hydrogen-bond donors (Lipinski definition) is 1. The zero-order valence-corrected chi connectivity index (χ0v) is 13.6. The SMILES string of the molecule is NC[C@H]1CCC[C@H]1C(=O)N1CCN(c2ccc(Cl)cc2)CC1. The number of anilines is 1. The lowest BCUT2D eigenvalue weighted by molar-refractivity contribution is -0.136. The standard InChI is InChI=1S/C17H24ClN3O/c18-14-4-6-15(7-5-14)20-8-10-21(11-9-20)17(22)16-3-1-2-13(16)12-19/h4-7,13,16H,1-3,8-12,19H2/t13-,16-/m1/s1. The number of carbonyl (C=O) groups is 1. The van der Waals surface area contributed by atoms with Crippen molar-refractivity contribution in [3.63, 3.8) is 0 Å². The zero-order chi connectivity index (χ0) is 15.5. The van der Waals surface area contributed by atoms with E-state index in [0.29, 0.717) is 18.4 Å². The van der Waals surface area contributed by atoms with E-state index in [2.05, 4.69) is 4.90 Å². The van der Waals surface area contributed by atoms with Gasteiger partial charge in [-0.25, -0.2) is 0 Å². The molecule has 0 aromatic heterocycles. The summed E-state index contributed by atoms with van der Waals surface area (Å²) in [5.74, 6) is 0.873. The molecule has 0 radical (unpaired) electrons. The van der Waals surface area contributed by atoms with E-state index in [0.717, 1.165) is 50.5 Å². The molecular formula is C17H24ClN3O. The number of rotatable bonds is 3. The summed E-state index contributed by atoms with van der Waals surface area (Å²) in [6.07, 6.45) is 3.26. The van der Waals surface area contributed by atoms with Gasteiger partial charge in [-0.1, -0.05) is 18.0 Å². The van der Waals surface area contributed by atoms with Crippen molar-refractivity contribution in [2.24, 2.45) is 17.6 Å². The summed E-state index contributed by atoms with van der Waals surface area (Å²) in [7, 11) is 0. The highest BCUT2D eigenvalue weighted by Crippen LogP contribution is 2.32. The van der Waals surface area contributed by atoms with E-state index in [-0.39, 0.29) is 5.92 Å². The molecule has 4 nitrogen and oxygen atoms in total. The Kier molecular flexibility index (Phi) is 4.89. The maximum Gasteiger partial charge on any atom is 0.226 e. The van der Waals surface area contributed by atoms with Gasteiger partial charge in [0.2, 0.25) is 5.91 Å². The fraction of sp³-hybridized carbons (Fsp3) is 0.588.